The van der Waals surface area contributed by atoms with Crippen LogP contribution in [-0.4, -0.2) is 39.0 Å². The maximum absolute atomic E-state index is 12.3. The Balaban J connectivity index is 2.12. The third-order valence-corrected chi connectivity index (χ3v) is 5.73. The highest BCUT2D eigenvalue weighted by molar-refractivity contribution is 7.89. The van der Waals surface area contributed by atoms with Crippen molar-refractivity contribution in [1.82, 2.24) is 9.62 Å². The van der Waals surface area contributed by atoms with E-state index in [1.165, 1.54) is 18.2 Å². The lowest BCUT2D eigenvalue weighted by atomic mass is 10.1. The van der Waals surface area contributed by atoms with E-state index in [9.17, 15) is 8.42 Å². The van der Waals surface area contributed by atoms with Crippen molar-refractivity contribution in [3.8, 4) is 0 Å². The van der Waals surface area contributed by atoms with Crippen molar-refractivity contribution < 1.29 is 8.42 Å². The number of halogens is 2. The number of piperidine rings is 1. The van der Waals surface area contributed by atoms with Gasteiger partial charge in [-0.15, -0.1) is 0 Å². The molecule has 0 aliphatic carbocycles. The number of rotatable bonds is 4. The predicted molar refractivity (Wildman–Crippen MR) is 81.9 cm³/mol. The number of hydrogen-bond donors (Lipinski definition) is 1. The summed E-state index contributed by atoms with van der Waals surface area (Å²) >= 11 is 11.7. The summed E-state index contributed by atoms with van der Waals surface area (Å²) in [7, 11) is -3.55. The number of hydrogen-bond acceptors (Lipinski definition) is 3. The van der Waals surface area contributed by atoms with Crippen LogP contribution in [-0.2, 0) is 10.0 Å². The van der Waals surface area contributed by atoms with Crippen molar-refractivity contribution >= 4 is 33.2 Å². The minimum atomic E-state index is -3.55. The van der Waals surface area contributed by atoms with Crippen molar-refractivity contribution in [3.63, 3.8) is 0 Å². The molecule has 0 spiro atoms. The summed E-state index contributed by atoms with van der Waals surface area (Å²) in [5.41, 5.74) is 0. The first-order chi connectivity index (χ1) is 9.42. The molecule has 1 aliphatic rings. The van der Waals surface area contributed by atoms with Crippen molar-refractivity contribution in [2.45, 2.75) is 30.7 Å². The molecule has 0 bridgehead atoms. The van der Waals surface area contributed by atoms with Crippen molar-refractivity contribution in [1.29, 1.82) is 0 Å². The molecule has 20 heavy (non-hydrogen) atoms. The Morgan fingerprint density at radius 3 is 2.75 bits per heavy atom. The zero-order valence-corrected chi connectivity index (χ0v) is 13.6. The molecule has 1 fully saturated rings. The van der Waals surface area contributed by atoms with Crippen LogP contribution in [0.15, 0.2) is 23.1 Å². The van der Waals surface area contributed by atoms with Gasteiger partial charge in [-0.3, -0.25) is 0 Å². The van der Waals surface area contributed by atoms with Crippen LogP contribution in [0, 0.1) is 0 Å². The third-order valence-electron chi connectivity index (χ3n) is 3.48. The van der Waals surface area contributed by atoms with Crippen molar-refractivity contribution in [2.75, 3.05) is 19.6 Å². The standard InChI is InChI=1S/C13H18Cl2N2O2S/c1-2-17-7-3-4-10(9-17)16-20(18,19)11-5-6-12(14)13(15)8-11/h5-6,8,10,16H,2-4,7,9H2,1H3. The van der Waals surface area contributed by atoms with Gasteiger partial charge >= 0.3 is 0 Å². The molecule has 1 aromatic rings. The van der Waals surface area contributed by atoms with Gasteiger partial charge in [0.05, 0.1) is 14.9 Å². The Labute approximate surface area is 130 Å². The largest absolute Gasteiger partial charge is 0.302 e. The van der Waals surface area contributed by atoms with Crippen LogP contribution < -0.4 is 4.72 Å². The zero-order chi connectivity index (χ0) is 14.8. The second-order valence-electron chi connectivity index (χ2n) is 4.93. The quantitative estimate of drug-likeness (QED) is 0.919. The van der Waals surface area contributed by atoms with E-state index in [1.54, 1.807) is 0 Å². The van der Waals surface area contributed by atoms with Crippen LogP contribution >= 0.6 is 23.2 Å². The molecule has 1 heterocycles. The lowest BCUT2D eigenvalue weighted by Crippen LogP contribution is -2.47. The van der Waals surface area contributed by atoms with Crippen molar-refractivity contribution in [3.05, 3.63) is 28.2 Å². The number of nitrogens with zero attached hydrogens (tertiary/aromatic N) is 1. The molecule has 1 unspecified atom stereocenters. The van der Waals surface area contributed by atoms with Gasteiger partial charge in [-0.25, -0.2) is 13.1 Å². The smallest absolute Gasteiger partial charge is 0.240 e. The van der Waals surface area contributed by atoms with Gasteiger partial charge in [0, 0.05) is 12.6 Å². The Bertz CT molecular complexity index is 578. The van der Waals surface area contributed by atoms with E-state index >= 15 is 0 Å². The topological polar surface area (TPSA) is 49.4 Å². The minimum absolute atomic E-state index is 0.0526. The average molecular weight is 337 g/mol. The molecule has 1 aliphatic heterocycles. The maximum Gasteiger partial charge on any atom is 0.240 e. The molecule has 4 nitrogen and oxygen atoms in total. The number of sulfonamides is 1. The van der Waals surface area contributed by atoms with Gasteiger partial charge < -0.3 is 4.90 Å². The SMILES string of the molecule is CCN1CCCC(NS(=O)(=O)c2ccc(Cl)c(Cl)c2)C1. The molecular formula is C13H18Cl2N2O2S. The lowest BCUT2D eigenvalue weighted by Gasteiger charge is -2.32. The Hall–Kier alpha value is -0.330. The summed E-state index contributed by atoms with van der Waals surface area (Å²) in [6, 6.07) is 4.30. The summed E-state index contributed by atoms with van der Waals surface area (Å²) in [6.07, 6.45) is 1.86. The molecule has 1 N–H and O–H groups in total. The zero-order valence-electron chi connectivity index (χ0n) is 11.3. The second-order valence-corrected chi connectivity index (χ2v) is 7.46. The average Bonchev–Trinajstić information content (AvgIpc) is 2.41. The molecule has 1 saturated heterocycles. The Kier molecular flexibility index (Phi) is 5.31. The summed E-state index contributed by atoms with van der Waals surface area (Å²) in [4.78, 5) is 2.39. The van der Waals surface area contributed by atoms with E-state index in [2.05, 4.69) is 16.5 Å². The van der Waals surface area contributed by atoms with Crippen molar-refractivity contribution in [2.24, 2.45) is 0 Å². The normalized spacial score (nSPS) is 21.1. The van der Waals surface area contributed by atoms with E-state index in [1.807, 2.05) is 0 Å². The van der Waals surface area contributed by atoms with E-state index in [0.717, 1.165) is 32.5 Å². The van der Waals surface area contributed by atoms with Crippen LogP contribution in [0.3, 0.4) is 0 Å². The molecule has 7 heteroatoms. The van der Waals surface area contributed by atoms with Crippen LogP contribution in [0.4, 0.5) is 0 Å². The summed E-state index contributed by atoms with van der Waals surface area (Å²) in [5.74, 6) is 0. The van der Waals surface area contributed by atoms with Crippen LogP contribution in [0.2, 0.25) is 10.0 Å². The molecular weight excluding hydrogens is 319 g/mol. The van der Waals surface area contributed by atoms with E-state index < -0.39 is 10.0 Å². The molecule has 2 rings (SSSR count). The Morgan fingerprint density at radius 2 is 2.10 bits per heavy atom. The van der Waals surface area contributed by atoms with Gasteiger partial charge in [-0.05, 0) is 44.1 Å². The molecule has 0 aromatic heterocycles. The highest BCUT2D eigenvalue weighted by atomic mass is 35.5. The molecule has 0 radical (unpaired) electrons. The Morgan fingerprint density at radius 1 is 1.35 bits per heavy atom. The predicted octanol–water partition coefficient (Wildman–Crippen LogP) is 2.76. The van der Waals surface area contributed by atoms with E-state index in [4.69, 9.17) is 23.2 Å². The fourth-order valence-corrected chi connectivity index (χ4v) is 4.02. The molecule has 1 atom stereocenters. The second kappa shape index (κ2) is 6.62. The first kappa shape index (κ1) is 16.0. The fourth-order valence-electron chi connectivity index (χ4n) is 2.37. The molecule has 112 valence electrons. The third kappa shape index (κ3) is 3.86. The van der Waals surface area contributed by atoms with Gasteiger partial charge in [-0.1, -0.05) is 30.1 Å². The number of likely N-dealkylation sites (N-methyl/N-ethyl adjacent to an activating group) is 1. The van der Waals surface area contributed by atoms with Crippen LogP contribution in [0.5, 0.6) is 0 Å². The van der Waals surface area contributed by atoms with E-state index in [-0.39, 0.29) is 16.0 Å². The van der Waals surface area contributed by atoms with Gasteiger partial charge in [-0.2, -0.15) is 0 Å². The first-order valence-electron chi connectivity index (χ1n) is 6.62. The summed E-state index contributed by atoms with van der Waals surface area (Å²) in [5, 5.41) is 0.591. The monoisotopic (exact) mass is 336 g/mol. The molecule has 0 saturated carbocycles. The maximum atomic E-state index is 12.3. The molecule has 1 aromatic carbocycles. The minimum Gasteiger partial charge on any atom is -0.302 e. The summed E-state index contributed by atoms with van der Waals surface area (Å²) in [6.45, 7) is 4.79. The number of likely N-dealkylation sites (tertiary alicyclic amines) is 1. The van der Waals surface area contributed by atoms with Gasteiger partial charge in [0.25, 0.3) is 0 Å². The first-order valence-corrected chi connectivity index (χ1v) is 8.86. The van der Waals surface area contributed by atoms with Crippen LogP contribution in [0.25, 0.3) is 0 Å². The highest BCUT2D eigenvalue weighted by Crippen LogP contribution is 2.25. The molecule has 0 amide bonds. The number of nitrogens with one attached hydrogen (secondary N) is 1. The van der Waals surface area contributed by atoms with Crippen LogP contribution in [0.1, 0.15) is 19.8 Å². The summed E-state index contributed by atoms with van der Waals surface area (Å²) < 4.78 is 27.4. The lowest BCUT2D eigenvalue weighted by molar-refractivity contribution is 0.211. The van der Waals surface area contributed by atoms with Gasteiger partial charge in [0.15, 0.2) is 0 Å². The fraction of sp³-hybridized carbons (Fsp3) is 0.538. The van der Waals surface area contributed by atoms with E-state index in [0.29, 0.717) is 5.02 Å². The highest BCUT2D eigenvalue weighted by Gasteiger charge is 2.24. The van der Waals surface area contributed by atoms with Gasteiger partial charge in [0.1, 0.15) is 0 Å². The van der Waals surface area contributed by atoms with Gasteiger partial charge in [0.2, 0.25) is 10.0 Å². The number of benzene rings is 1.